The van der Waals surface area contributed by atoms with E-state index in [9.17, 15) is 24.3 Å². The van der Waals surface area contributed by atoms with E-state index in [4.69, 9.17) is 18.9 Å². The fourth-order valence-electron chi connectivity index (χ4n) is 7.75. The maximum Gasteiger partial charge on any atom is 0.407 e. The first-order valence-electron chi connectivity index (χ1n) is 17.9. The number of halogens is 1. The average molecular weight is 760 g/mol. The number of benzene rings is 1. The first kappa shape index (κ1) is 36.0. The molecule has 6 rings (SSSR count). The summed E-state index contributed by atoms with van der Waals surface area (Å²) in [5.41, 5.74) is -0.772. The molecule has 13 nitrogen and oxygen atoms in total. The van der Waals surface area contributed by atoms with Gasteiger partial charge in [-0.3, -0.25) is 9.59 Å². The number of fused-ring (bicyclic) bond motifs is 3. The van der Waals surface area contributed by atoms with Gasteiger partial charge >= 0.3 is 12.1 Å². The first-order chi connectivity index (χ1) is 24.1. The smallest absolute Gasteiger partial charge is 0.407 e. The summed E-state index contributed by atoms with van der Waals surface area (Å²) in [6, 6.07) is 3.86. The quantitative estimate of drug-likeness (QED) is 0.313. The van der Waals surface area contributed by atoms with E-state index < -0.39 is 41.7 Å². The molecule has 1 aromatic heterocycles. The van der Waals surface area contributed by atoms with E-state index >= 15 is 0 Å². The highest BCUT2D eigenvalue weighted by atomic mass is 79.9. The summed E-state index contributed by atoms with van der Waals surface area (Å²) in [6.45, 7) is 2.32. The van der Waals surface area contributed by atoms with E-state index in [1.54, 1.807) is 19.2 Å². The standard InChI is InChI=1S/C36H47BrN4O9/c1-3-48-29-18-28(25-14-15-27(47-2)31(37)32(25)39-29)49-24-17-26-33(43)40-36(34(44)45)19-21(36)10-6-4-5-7-11-22(16-30(42)41(26)20-24)38-35(46)50-23-12-8-9-13-23/h14-15,18,21-24,26H,3-13,16-17,19-20H2,1-2H3,(H,38,46)(H,40,43)(H,44,45)/t21-,22-,24+,26-,36+/m0/s1. The minimum absolute atomic E-state index is 0.0254. The minimum atomic E-state index is -1.34. The molecule has 2 saturated heterocycles. The maximum atomic E-state index is 14.1. The van der Waals surface area contributed by atoms with Crippen LogP contribution in [-0.4, -0.2) is 89.0 Å². The van der Waals surface area contributed by atoms with Gasteiger partial charge in [-0.1, -0.05) is 25.7 Å². The van der Waals surface area contributed by atoms with E-state index in [-0.39, 0.29) is 37.3 Å². The molecule has 0 radical (unpaired) electrons. The van der Waals surface area contributed by atoms with Crippen molar-refractivity contribution in [3.63, 3.8) is 0 Å². The van der Waals surface area contributed by atoms with Gasteiger partial charge in [0.1, 0.15) is 35.3 Å². The monoisotopic (exact) mass is 758 g/mol. The number of methoxy groups -OCH3 is 1. The third kappa shape index (κ3) is 7.89. The van der Waals surface area contributed by atoms with Crippen LogP contribution in [0.1, 0.15) is 90.4 Å². The summed E-state index contributed by atoms with van der Waals surface area (Å²) in [6.07, 6.45) is 7.67. The van der Waals surface area contributed by atoms with Gasteiger partial charge in [-0.2, -0.15) is 0 Å². The summed E-state index contributed by atoms with van der Waals surface area (Å²) < 4.78 is 24.0. The predicted octanol–water partition coefficient (Wildman–Crippen LogP) is 5.49. The second-order valence-corrected chi connectivity index (χ2v) is 14.7. The fourth-order valence-corrected chi connectivity index (χ4v) is 8.34. The van der Waals surface area contributed by atoms with Crippen LogP contribution in [0.3, 0.4) is 0 Å². The maximum absolute atomic E-state index is 14.1. The van der Waals surface area contributed by atoms with Crippen molar-refractivity contribution in [1.82, 2.24) is 20.5 Å². The zero-order valence-electron chi connectivity index (χ0n) is 28.7. The van der Waals surface area contributed by atoms with Crippen LogP contribution in [0.25, 0.3) is 10.9 Å². The number of nitrogens with zero attached hydrogens (tertiary/aromatic N) is 2. The van der Waals surface area contributed by atoms with Crippen LogP contribution in [0, 0.1) is 5.92 Å². The topological polar surface area (TPSA) is 166 Å². The summed E-state index contributed by atoms with van der Waals surface area (Å²) in [4.78, 5) is 59.6. The summed E-state index contributed by atoms with van der Waals surface area (Å²) >= 11 is 3.58. The molecule has 0 bridgehead atoms. The third-order valence-electron chi connectivity index (χ3n) is 10.5. The Hall–Kier alpha value is -3.81. The molecule has 4 aliphatic rings. The van der Waals surface area contributed by atoms with Gasteiger partial charge in [0.05, 0.1) is 30.3 Å². The van der Waals surface area contributed by atoms with Gasteiger partial charge in [-0.05, 0) is 85.9 Å². The van der Waals surface area contributed by atoms with E-state index in [0.29, 0.717) is 58.6 Å². The molecule has 0 spiro atoms. The molecular weight excluding hydrogens is 712 g/mol. The fraction of sp³-hybridized carbons (Fsp3) is 0.639. The number of alkyl carbamates (subject to hydrolysis) is 1. The van der Waals surface area contributed by atoms with Crippen LogP contribution >= 0.6 is 15.9 Å². The van der Waals surface area contributed by atoms with Crippen molar-refractivity contribution in [2.24, 2.45) is 5.92 Å². The Morgan fingerprint density at radius 3 is 2.52 bits per heavy atom. The number of hydrogen-bond donors (Lipinski definition) is 3. The van der Waals surface area contributed by atoms with Gasteiger partial charge < -0.3 is 39.6 Å². The van der Waals surface area contributed by atoms with Crippen molar-refractivity contribution in [2.45, 2.75) is 120 Å². The Kier molecular flexibility index (Phi) is 11.2. The van der Waals surface area contributed by atoms with Gasteiger partial charge in [-0.15, -0.1) is 0 Å². The van der Waals surface area contributed by atoms with Gasteiger partial charge in [0.25, 0.3) is 0 Å². The van der Waals surface area contributed by atoms with Crippen molar-refractivity contribution >= 4 is 50.7 Å². The van der Waals surface area contributed by atoms with Gasteiger partial charge in [0.2, 0.25) is 17.7 Å². The number of carbonyl (C=O) groups excluding carboxylic acids is 3. The second-order valence-electron chi connectivity index (χ2n) is 13.9. The lowest BCUT2D eigenvalue weighted by molar-refractivity contribution is -0.145. The number of carboxylic acid groups (broad SMARTS) is 1. The number of ether oxygens (including phenoxy) is 4. The molecule has 3 N–H and O–H groups in total. The van der Waals surface area contributed by atoms with Crippen molar-refractivity contribution in [2.75, 3.05) is 20.3 Å². The van der Waals surface area contributed by atoms with Gasteiger partial charge in [-0.25, -0.2) is 14.6 Å². The highest BCUT2D eigenvalue weighted by molar-refractivity contribution is 9.10. The predicted molar refractivity (Wildman–Crippen MR) is 186 cm³/mol. The molecule has 5 atom stereocenters. The Bertz CT molecular complexity index is 1600. The highest BCUT2D eigenvalue weighted by Gasteiger charge is 2.62. The zero-order chi connectivity index (χ0) is 35.4. The highest BCUT2D eigenvalue weighted by Crippen LogP contribution is 2.48. The van der Waals surface area contributed by atoms with Crippen LogP contribution < -0.4 is 24.8 Å². The molecule has 50 heavy (non-hydrogen) atoms. The van der Waals surface area contributed by atoms with Crippen molar-refractivity contribution in [1.29, 1.82) is 0 Å². The summed E-state index contributed by atoms with van der Waals surface area (Å²) in [7, 11) is 1.56. The number of carboxylic acids is 1. The van der Waals surface area contributed by atoms with Crippen molar-refractivity contribution in [3.05, 3.63) is 22.7 Å². The van der Waals surface area contributed by atoms with Gasteiger partial charge in [0.15, 0.2) is 0 Å². The lowest BCUT2D eigenvalue weighted by Crippen LogP contribution is -2.53. The van der Waals surface area contributed by atoms with Crippen LogP contribution in [0.15, 0.2) is 22.7 Å². The minimum Gasteiger partial charge on any atom is -0.495 e. The van der Waals surface area contributed by atoms with Crippen LogP contribution in [0.5, 0.6) is 17.4 Å². The Morgan fingerprint density at radius 2 is 1.80 bits per heavy atom. The molecule has 3 heterocycles. The number of hydrogen-bond acceptors (Lipinski definition) is 9. The SMILES string of the molecule is CCOc1cc(O[C@@H]2C[C@H]3C(=O)N[C@]4(C(=O)O)C[C@@H]4CCCCCC[C@H](NC(=O)OC4CCCC4)CC(=O)N3C2)c2ccc(OC)c(Br)c2n1. The van der Waals surface area contributed by atoms with Crippen molar-refractivity contribution in [3.8, 4) is 17.4 Å². The van der Waals surface area contributed by atoms with Gasteiger partial charge in [0, 0.05) is 30.3 Å². The van der Waals surface area contributed by atoms with E-state index in [2.05, 4.69) is 31.5 Å². The average Bonchev–Trinajstić information content (AvgIpc) is 3.35. The zero-order valence-corrected chi connectivity index (χ0v) is 30.3. The molecule has 2 aliphatic carbocycles. The number of nitrogens with one attached hydrogen (secondary N) is 2. The molecular formula is C36H47BrN4O9. The number of amides is 3. The van der Waals surface area contributed by atoms with E-state index in [0.717, 1.165) is 51.4 Å². The largest absolute Gasteiger partial charge is 0.495 e. The molecule has 2 aliphatic heterocycles. The molecule has 272 valence electrons. The van der Waals surface area contributed by atoms with Crippen molar-refractivity contribution < 1.29 is 43.2 Å². The lowest BCUT2D eigenvalue weighted by atomic mass is 10.0. The molecule has 1 aromatic carbocycles. The normalized spacial score (nSPS) is 27.7. The van der Waals surface area contributed by atoms with Crippen LogP contribution in [-0.2, 0) is 19.1 Å². The number of aromatic nitrogens is 1. The molecule has 2 aromatic rings. The molecule has 2 saturated carbocycles. The molecule has 0 unspecified atom stereocenters. The second kappa shape index (κ2) is 15.6. The Labute approximate surface area is 300 Å². The van der Waals surface area contributed by atoms with Crippen LogP contribution in [0.4, 0.5) is 4.79 Å². The number of rotatable bonds is 8. The third-order valence-corrected chi connectivity index (χ3v) is 11.3. The van der Waals surface area contributed by atoms with E-state index in [1.165, 1.54) is 4.90 Å². The van der Waals surface area contributed by atoms with Crippen LogP contribution in [0.2, 0.25) is 0 Å². The first-order valence-corrected chi connectivity index (χ1v) is 18.7. The number of carbonyl (C=O) groups is 4. The van der Waals surface area contributed by atoms with E-state index in [1.807, 2.05) is 13.0 Å². The Balaban J connectivity index is 1.27. The molecule has 3 amide bonds. The summed E-state index contributed by atoms with van der Waals surface area (Å²) in [5, 5.41) is 16.7. The molecule has 4 fully saturated rings. The lowest BCUT2D eigenvalue weighted by Gasteiger charge is -2.27. The number of aliphatic carboxylic acids is 1. The molecule has 14 heteroatoms. The number of pyridine rings is 1. The summed E-state index contributed by atoms with van der Waals surface area (Å²) in [5.74, 6) is -0.677. The Morgan fingerprint density at radius 1 is 1.06 bits per heavy atom.